The second-order valence-corrected chi connectivity index (χ2v) is 4.39. The fourth-order valence-corrected chi connectivity index (χ4v) is 1.93. The molecule has 102 valence electrons. The summed E-state index contributed by atoms with van der Waals surface area (Å²) < 4.78 is 20.1. The van der Waals surface area contributed by atoms with E-state index in [1.54, 1.807) is 13.8 Å². The first-order valence-corrected chi connectivity index (χ1v) is 5.44. The van der Waals surface area contributed by atoms with Gasteiger partial charge in [0.05, 0.1) is 20.3 Å². The fourth-order valence-electron chi connectivity index (χ4n) is 1.93. The molecule has 1 fully saturated rings. The summed E-state index contributed by atoms with van der Waals surface area (Å²) in [5.74, 6) is -1.85. The summed E-state index contributed by atoms with van der Waals surface area (Å²) >= 11 is 0. The molecule has 0 N–H and O–H groups in total. The van der Waals surface area contributed by atoms with Crippen LogP contribution >= 0.6 is 0 Å². The van der Waals surface area contributed by atoms with E-state index in [2.05, 4.69) is 4.74 Å². The van der Waals surface area contributed by atoms with Gasteiger partial charge in [0.2, 0.25) is 5.79 Å². The van der Waals surface area contributed by atoms with Gasteiger partial charge in [-0.25, -0.2) is 4.79 Å². The van der Waals surface area contributed by atoms with Crippen molar-refractivity contribution < 1.29 is 28.5 Å². The number of methoxy groups -OCH3 is 3. The monoisotopic (exact) mass is 258 g/mol. The molecule has 0 radical (unpaired) electrons. The fraction of sp³-hybridized carbons (Fsp3) is 0.667. The largest absolute Gasteiger partial charge is 0.468 e. The van der Waals surface area contributed by atoms with Gasteiger partial charge >= 0.3 is 11.9 Å². The highest BCUT2D eigenvalue weighted by Gasteiger charge is 2.59. The van der Waals surface area contributed by atoms with Crippen molar-refractivity contribution in [2.45, 2.75) is 26.1 Å². The molecule has 1 heterocycles. The molecule has 1 aliphatic rings. The van der Waals surface area contributed by atoms with Crippen LogP contribution in [0, 0.1) is 5.41 Å². The highest BCUT2D eigenvalue weighted by Crippen LogP contribution is 2.49. The van der Waals surface area contributed by atoms with Crippen LogP contribution in [0.25, 0.3) is 0 Å². The Morgan fingerprint density at radius 1 is 1.22 bits per heavy atom. The van der Waals surface area contributed by atoms with Crippen molar-refractivity contribution in [3.63, 3.8) is 0 Å². The van der Waals surface area contributed by atoms with Crippen LogP contribution in [-0.2, 0) is 28.5 Å². The minimum Gasteiger partial charge on any atom is -0.468 e. The van der Waals surface area contributed by atoms with E-state index in [1.807, 2.05) is 0 Å². The summed E-state index contributed by atoms with van der Waals surface area (Å²) in [6, 6.07) is 0. The number of hydrogen-bond acceptors (Lipinski definition) is 6. The zero-order valence-corrected chi connectivity index (χ0v) is 11.2. The predicted octanol–water partition coefficient (Wildman–Crippen LogP) is 1.01. The maximum absolute atomic E-state index is 11.9. The first-order valence-electron chi connectivity index (χ1n) is 5.44. The highest BCUT2D eigenvalue weighted by atomic mass is 16.7. The smallest absolute Gasteiger partial charge is 0.333 e. The summed E-state index contributed by atoms with van der Waals surface area (Å²) in [5, 5.41) is 0. The predicted molar refractivity (Wildman–Crippen MR) is 61.3 cm³/mol. The molecule has 0 unspecified atom stereocenters. The van der Waals surface area contributed by atoms with Crippen LogP contribution in [0.1, 0.15) is 20.3 Å². The third kappa shape index (κ3) is 2.20. The van der Waals surface area contributed by atoms with Crippen molar-refractivity contribution in [2.75, 3.05) is 21.3 Å². The average Bonchev–Trinajstić information content (AvgIpc) is 2.61. The Morgan fingerprint density at radius 3 is 2.28 bits per heavy atom. The Morgan fingerprint density at radius 2 is 1.83 bits per heavy atom. The van der Waals surface area contributed by atoms with E-state index >= 15 is 0 Å². The summed E-state index contributed by atoms with van der Waals surface area (Å²) in [6.07, 6.45) is 1.41. The first-order chi connectivity index (χ1) is 8.32. The van der Waals surface area contributed by atoms with Crippen molar-refractivity contribution in [3.8, 4) is 0 Å². The molecule has 0 aromatic heterocycles. The molecular formula is C12H18O6. The Bertz CT molecular complexity index is 388. The van der Waals surface area contributed by atoms with E-state index in [-0.39, 0.29) is 6.42 Å². The average molecular weight is 258 g/mol. The van der Waals surface area contributed by atoms with E-state index in [4.69, 9.17) is 14.2 Å². The zero-order chi connectivity index (χ0) is 14.0. The van der Waals surface area contributed by atoms with E-state index < -0.39 is 23.1 Å². The summed E-state index contributed by atoms with van der Waals surface area (Å²) in [5.41, 5.74) is -1.02. The van der Waals surface area contributed by atoms with Crippen molar-refractivity contribution in [3.05, 3.63) is 11.8 Å². The molecule has 18 heavy (non-hydrogen) atoms. The van der Waals surface area contributed by atoms with Crippen molar-refractivity contribution in [1.29, 1.82) is 0 Å². The van der Waals surface area contributed by atoms with Crippen LogP contribution in [0.15, 0.2) is 11.8 Å². The molecule has 0 aromatic carbocycles. The molecule has 0 amide bonds. The number of hydrogen-bond donors (Lipinski definition) is 0. The molecule has 6 heteroatoms. The Hall–Kier alpha value is -1.56. The van der Waals surface area contributed by atoms with Crippen LogP contribution in [-0.4, -0.2) is 39.1 Å². The zero-order valence-electron chi connectivity index (χ0n) is 11.2. The lowest BCUT2D eigenvalue weighted by atomic mass is 9.80. The third-order valence-electron chi connectivity index (χ3n) is 3.36. The topological polar surface area (TPSA) is 71.1 Å². The minimum absolute atomic E-state index is 0.207. The Labute approximate surface area is 106 Å². The van der Waals surface area contributed by atoms with E-state index in [1.165, 1.54) is 27.4 Å². The molecule has 1 aliphatic heterocycles. The maximum atomic E-state index is 11.9. The molecule has 1 saturated heterocycles. The standard InChI is InChI=1S/C12H18O6/c1-11(10(14)16-4)7-8(6-9(13)15-3)18-12(11,2)17-5/h6H,7H2,1-5H3/b8-6+/t11-,12-/m0/s1. The number of rotatable bonds is 3. The van der Waals surface area contributed by atoms with Crippen molar-refractivity contribution in [1.82, 2.24) is 0 Å². The van der Waals surface area contributed by atoms with E-state index in [9.17, 15) is 9.59 Å². The lowest BCUT2D eigenvalue weighted by Gasteiger charge is -2.34. The molecule has 2 atom stereocenters. The maximum Gasteiger partial charge on any atom is 0.333 e. The molecule has 0 saturated carbocycles. The lowest BCUT2D eigenvalue weighted by Crippen LogP contribution is -2.48. The number of carbonyl (C=O) groups excluding carboxylic acids is 2. The molecule has 6 nitrogen and oxygen atoms in total. The van der Waals surface area contributed by atoms with E-state index in [0.717, 1.165) is 0 Å². The Kier molecular flexibility index (Phi) is 4.01. The molecule has 1 rings (SSSR count). The molecular weight excluding hydrogens is 240 g/mol. The second-order valence-electron chi connectivity index (χ2n) is 4.39. The van der Waals surface area contributed by atoms with Crippen molar-refractivity contribution in [2.24, 2.45) is 5.41 Å². The normalized spacial score (nSPS) is 33.1. The summed E-state index contributed by atoms with van der Waals surface area (Å²) in [7, 11) is 4.00. The van der Waals surface area contributed by atoms with Gasteiger partial charge in [-0.2, -0.15) is 0 Å². The van der Waals surface area contributed by atoms with Gasteiger partial charge in [-0.3, -0.25) is 4.79 Å². The first kappa shape index (κ1) is 14.5. The van der Waals surface area contributed by atoms with Gasteiger partial charge in [-0.1, -0.05) is 0 Å². The van der Waals surface area contributed by atoms with Crippen molar-refractivity contribution >= 4 is 11.9 Å². The second kappa shape index (κ2) is 4.97. The third-order valence-corrected chi connectivity index (χ3v) is 3.36. The van der Waals surface area contributed by atoms with E-state index in [0.29, 0.717) is 5.76 Å². The van der Waals surface area contributed by atoms with Crippen LogP contribution in [0.5, 0.6) is 0 Å². The van der Waals surface area contributed by atoms with Crippen LogP contribution in [0.3, 0.4) is 0 Å². The number of ether oxygens (including phenoxy) is 4. The van der Waals surface area contributed by atoms with Gasteiger partial charge in [-0.05, 0) is 6.92 Å². The van der Waals surface area contributed by atoms with Crippen LogP contribution in [0.2, 0.25) is 0 Å². The molecule has 0 spiro atoms. The Balaban J connectivity index is 3.09. The SMILES string of the molecule is COC(=O)/C=C1\C[C@@](C)(C(=O)OC)[C@@](C)(OC)O1. The molecule has 0 aromatic rings. The molecule has 0 aliphatic carbocycles. The van der Waals surface area contributed by atoms with Crippen LogP contribution < -0.4 is 0 Å². The number of esters is 2. The minimum atomic E-state index is -1.18. The molecule has 0 bridgehead atoms. The van der Waals surface area contributed by atoms with Gasteiger partial charge in [0.25, 0.3) is 0 Å². The summed E-state index contributed by atoms with van der Waals surface area (Å²) in [6.45, 7) is 3.29. The van der Waals surface area contributed by atoms with Gasteiger partial charge < -0.3 is 18.9 Å². The quantitative estimate of drug-likeness (QED) is 0.555. The van der Waals surface area contributed by atoms with Gasteiger partial charge in [0, 0.05) is 20.5 Å². The summed E-state index contributed by atoms with van der Waals surface area (Å²) in [4.78, 5) is 23.1. The lowest BCUT2D eigenvalue weighted by molar-refractivity contribution is -0.226. The number of carbonyl (C=O) groups is 2. The van der Waals surface area contributed by atoms with Crippen LogP contribution in [0.4, 0.5) is 0 Å². The number of allylic oxidation sites excluding steroid dienone is 1. The van der Waals surface area contributed by atoms with Gasteiger partial charge in [0.1, 0.15) is 11.2 Å². The highest BCUT2D eigenvalue weighted by molar-refractivity contribution is 5.83. The van der Waals surface area contributed by atoms with Gasteiger partial charge in [0.15, 0.2) is 0 Å². The van der Waals surface area contributed by atoms with Gasteiger partial charge in [-0.15, -0.1) is 0 Å².